The van der Waals surface area contributed by atoms with Crippen LogP contribution in [0.25, 0.3) is 5.52 Å². The number of carbonyl (C=O) groups is 2. The Morgan fingerprint density at radius 1 is 1.06 bits per heavy atom. The number of rotatable bonds is 19. The van der Waals surface area contributed by atoms with Crippen LogP contribution in [0.4, 0.5) is 5.82 Å². The first kappa shape index (κ1) is 39.7. The van der Waals surface area contributed by atoms with Crippen molar-refractivity contribution in [1.82, 2.24) is 19.7 Å². The standard InChI is InChI=1S/C34H47N6O10P/c1-5-22(6-2)17-46-29(41)16-25(33(44)47-18-23(7-3)8-4)39-51(45,50-24-12-10-9-11-13-24)48-19-27-30(42)31(43)34(20-35,49-27)28-15-14-26-32(36)37-21-38-40(26)28/h9-15,21-23,25,27,30-31,42-43H,5-8,16-19H2,1-4H3,(H,39,45)(H2,36,37,38)/t25-,27+,30+,31+,34-,51+/m0/s1. The van der Waals surface area contributed by atoms with E-state index in [4.69, 9.17) is 29.0 Å². The molecule has 0 bridgehead atoms. The van der Waals surface area contributed by atoms with Crippen LogP contribution in [0.3, 0.4) is 0 Å². The summed E-state index contributed by atoms with van der Waals surface area (Å²) >= 11 is 0. The Hall–Kier alpha value is -4.10. The van der Waals surface area contributed by atoms with Crippen molar-refractivity contribution in [3.05, 3.63) is 54.5 Å². The number of anilines is 1. The summed E-state index contributed by atoms with van der Waals surface area (Å²) in [5.74, 6) is -1.22. The molecule has 0 amide bonds. The van der Waals surface area contributed by atoms with Gasteiger partial charge in [0.25, 0.3) is 0 Å². The predicted octanol–water partition coefficient (Wildman–Crippen LogP) is 3.66. The maximum atomic E-state index is 14.5. The zero-order chi connectivity index (χ0) is 37.2. The van der Waals surface area contributed by atoms with E-state index in [9.17, 15) is 29.6 Å². The van der Waals surface area contributed by atoms with Gasteiger partial charge in [0.2, 0.25) is 5.60 Å². The Morgan fingerprint density at radius 3 is 2.33 bits per heavy atom. The fraction of sp³-hybridized carbons (Fsp3) is 0.559. The fourth-order valence-corrected chi connectivity index (χ4v) is 7.09. The SMILES string of the molecule is CCC(CC)COC(=O)C[C@H](N[P@@](=O)(OC[C@H]1O[C@@](C#N)(c2ccc3c(N)ncnn23)[C@H](O)[C@@H]1O)Oc1ccccc1)C(=O)OCC(CC)CC. The summed E-state index contributed by atoms with van der Waals surface area (Å²) in [5, 5.41) is 39.2. The topological polar surface area (TPSA) is 230 Å². The van der Waals surface area contributed by atoms with E-state index >= 15 is 0 Å². The minimum atomic E-state index is -4.63. The van der Waals surface area contributed by atoms with Crippen molar-refractivity contribution >= 4 is 31.0 Å². The fourth-order valence-electron chi connectivity index (χ4n) is 5.59. The van der Waals surface area contributed by atoms with E-state index in [1.54, 1.807) is 18.2 Å². The number of hydrogen-bond acceptors (Lipinski definition) is 14. The molecule has 0 spiro atoms. The van der Waals surface area contributed by atoms with Gasteiger partial charge in [-0.05, 0) is 36.1 Å². The van der Waals surface area contributed by atoms with Crippen LogP contribution in [0.1, 0.15) is 65.5 Å². The summed E-state index contributed by atoms with van der Waals surface area (Å²) in [6.07, 6.45) is -1.30. The lowest BCUT2D eigenvalue weighted by atomic mass is 9.92. The van der Waals surface area contributed by atoms with E-state index in [1.165, 1.54) is 28.8 Å². The average molecular weight is 731 g/mol. The molecule has 5 N–H and O–H groups in total. The largest absolute Gasteiger partial charge is 0.465 e. The molecule has 0 unspecified atom stereocenters. The number of aliphatic hydroxyl groups excluding tert-OH is 2. The van der Waals surface area contributed by atoms with Gasteiger partial charge in [-0.3, -0.25) is 14.1 Å². The molecule has 1 aliphatic rings. The molecule has 4 rings (SSSR count). The molecule has 1 saturated heterocycles. The molecule has 1 aromatic carbocycles. The van der Waals surface area contributed by atoms with Crippen LogP contribution >= 0.6 is 7.75 Å². The number of hydrogen-bond donors (Lipinski definition) is 4. The van der Waals surface area contributed by atoms with Crippen molar-refractivity contribution in [2.45, 2.75) is 89.8 Å². The lowest BCUT2D eigenvalue weighted by Crippen LogP contribution is -2.41. The number of nitrogens with two attached hydrogens (primary N) is 1. The average Bonchev–Trinajstić information content (AvgIpc) is 3.68. The summed E-state index contributed by atoms with van der Waals surface area (Å²) in [6, 6.07) is 11.3. The maximum absolute atomic E-state index is 14.5. The number of carbonyl (C=O) groups excluding carboxylic acids is 2. The molecular weight excluding hydrogens is 683 g/mol. The second-order valence-electron chi connectivity index (χ2n) is 12.4. The highest BCUT2D eigenvalue weighted by Gasteiger charge is 2.58. The molecule has 6 atom stereocenters. The second kappa shape index (κ2) is 17.9. The van der Waals surface area contributed by atoms with E-state index in [2.05, 4.69) is 15.2 Å². The van der Waals surface area contributed by atoms with Crippen molar-refractivity contribution in [3.63, 3.8) is 0 Å². The van der Waals surface area contributed by atoms with Gasteiger partial charge in [-0.1, -0.05) is 71.6 Å². The minimum absolute atomic E-state index is 0.0529. The van der Waals surface area contributed by atoms with Crippen molar-refractivity contribution in [1.29, 1.82) is 5.26 Å². The summed E-state index contributed by atoms with van der Waals surface area (Å²) in [6.45, 7) is 7.39. The number of aliphatic hydroxyl groups is 2. The van der Waals surface area contributed by atoms with Crippen molar-refractivity contribution in [2.24, 2.45) is 11.8 Å². The van der Waals surface area contributed by atoms with Gasteiger partial charge >= 0.3 is 19.7 Å². The maximum Gasteiger partial charge on any atom is 0.459 e. The summed E-state index contributed by atoms with van der Waals surface area (Å²) in [5.41, 5.74) is 4.17. The van der Waals surface area contributed by atoms with Gasteiger partial charge in [-0.2, -0.15) is 15.4 Å². The Bertz CT molecular complexity index is 1700. The number of nitrogens with zero attached hydrogens (tertiary/aromatic N) is 4. The monoisotopic (exact) mass is 730 g/mol. The molecule has 3 heterocycles. The lowest BCUT2D eigenvalue weighted by Gasteiger charge is -2.26. The number of nitrogens with one attached hydrogen (secondary N) is 1. The van der Waals surface area contributed by atoms with Crippen LogP contribution in [0.5, 0.6) is 5.75 Å². The predicted molar refractivity (Wildman–Crippen MR) is 184 cm³/mol. The van der Waals surface area contributed by atoms with E-state index in [0.29, 0.717) is 5.52 Å². The zero-order valence-electron chi connectivity index (χ0n) is 29.2. The number of aromatic nitrogens is 3. The smallest absolute Gasteiger partial charge is 0.459 e. The minimum Gasteiger partial charge on any atom is -0.465 e. The van der Waals surface area contributed by atoms with Gasteiger partial charge in [-0.15, -0.1) is 0 Å². The number of benzene rings is 1. The zero-order valence-corrected chi connectivity index (χ0v) is 30.1. The highest BCUT2D eigenvalue weighted by molar-refractivity contribution is 7.52. The summed E-state index contributed by atoms with van der Waals surface area (Å²) < 4.78 is 44.3. The molecule has 1 fully saturated rings. The first-order chi connectivity index (χ1) is 24.4. The third-order valence-corrected chi connectivity index (χ3v) is 10.7. The number of ether oxygens (including phenoxy) is 3. The Kier molecular flexibility index (Phi) is 13.9. The number of nitriles is 1. The van der Waals surface area contributed by atoms with Crippen molar-refractivity contribution in [2.75, 3.05) is 25.6 Å². The van der Waals surface area contributed by atoms with Gasteiger partial charge < -0.3 is 34.7 Å². The van der Waals surface area contributed by atoms with Gasteiger partial charge in [0, 0.05) is 0 Å². The van der Waals surface area contributed by atoms with Crippen LogP contribution in [0.15, 0.2) is 48.8 Å². The molecule has 17 heteroatoms. The van der Waals surface area contributed by atoms with Crippen molar-refractivity contribution < 1.29 is 47.6 Å². The molecule has 2 aromatic heterocycles. The van der Waals surface area contributed by atoms with Crippen LogP contribution in [-0.2, 0) is 38.5 Å². The second-order valence-corrected chi connectivity index (χ2v) is 14.1. The first-order valence-corrected chi connectivity index (χ1v) is 18.6. The van der Waals surface area contributed by atoms with Gasteiger partial charge in [0.1, 0.15) is 48.0 Å². The third kappa shape index (κ3) is 9.42. The number of nitrogen functional groups attached to an aromatic ring is 1. The van der Waals surface area contributed by atoms with Gasteiger partial charge in [0.15, 0.2) is 5.82 Å². The Balaban J connectivity index is 1.60. The molecular formula is C34H47N6O10P. The van der Waals surface area contributed by atoms with E-state index in [0.717, 1.165) is 32.0 Å². The highest BCUT2D eigenvalue weighted by atomic mass is 31.2. The quantitative estimate of drug-likeness (QED) is 0.102. The van der Waals surface area contributed by atoms with E-state index < -0.39 is 62.7 Å². The van der Waals surface area contributed by atoms with Crippen LogP contribution in [-0.4, -0.2) is 80.9 Å². The molecule has 0 saturated carbocycles. The first-order valence-electron chi connectivity index (χ1n) is 17.1. The number of esters is 2. The Morgan fingerprint density at radius 2 is 1.71 bits per heavy atom. The third-order valence-electron chi connectivity index (χ3n) is 9.08. The van der Waals surface area contributed by atoms with Crippen molar-refractivity contribution in [3.8, 4) is 11.8 Å². The molecule has 3 aromatic rings. The molecule has 1 aliphatic heterocycles. The number of fused-ring (bicyclic) bond motifs is 1. The van der Waals surface area contributed by atoms with E-state index in [1.807, 2.05) is 33.8 Å². The lowest BCUT2D eigenvalue weighted by molar-refractivity contribution is -0.154. The van der Waals surface area contributed by atoms with E-state index in [-0.39, 0.29) is 42.3 Å². The Labute approximate surface area is 296 Å². The van der Waals surface area contributed by atoms with Gasteiger partial charge in [-0.25, -0.2) is 14.1 Å². The molecule has 278 valence electrons. The number of para-hydroxylation sites is 1. The van der Waals surface area contributed by atoms with Gasteiger partial charge in [0.05, 0.1) is 31.9 Å². The summed E-state index contributed by atoms with van der Waals surface area (Å²) in [4.78, 5) is 30.4. The molecule has 16 nitrogen and oxygen atoms in total. The highest BCUT2D eigenvalue weighted by Crippen LogP contribution is 2.47. The van der Waals surface area contributed by atoms with Crippen LogP contribution < -0.4 is 15.3 Å². The van der Waals surface area contributed by atoms with Crippen LogP contribution in [0, 0.1) is 23.2 Å². The molecule has 0 aliphatic carbocycles. The van der Waals surface area contributed by atoms with Crippen LogP contribution in [0.2, 0.25) is 0 Å². The normalized spacial score (nSPS) is 22.1. The summed E-state index contributed by atoms with van der Waals surface area (Å²) in [7, 11) is -4.63. The molecule has 51 heavy (non-hydrogen) atoms. The molecule has 0 radical (unpaired) electrons.